The van der Waals surface area contributed by atoms with Crippen LogP contribution in [0.25, 0.3) is 17.2 Å². The number of hydrogen-bond acceptors (Lipinski definition) is 4. The van der Waals surface area contributed by atoms with Crippen LogP contribution < -0.4 is 5.32 Å². The van der Waals surface area contributed by atoms with Crippen LogP contribution in [0.3, 0.4) is 0 Å². The van der Waals surface area contributed by atoms with Crippen molar-refractivity contribution in [2.24, 2.45) is 0 Å². The number of carbonyl (C=O) groups is 2. The molecule has 0 unspecified atom stereocenters. The molecule has 0 radical (unpaired) electrons. The van der Waals surface area contributed by atoms with E-state index in [0.717, 1.165) is 22.3 Å². The lowest BCUT2D eigenvalue weighted by atomic mass is 10.0. The molecule has 3 aromatic rings. The van der Waals surface area contributed by atoms with Gasteiger partial charge in [0.25, 0.3) is 0 Å². The number of benzene rings is 2. The number of anilines is 1. The largest absolute Gasteiger partial charge is 0.462 e. The van der Waals surface area contributed by atoms with Crippen molar-refractivity contribution >= 4 is 45.9 Å². The summed E-state index contributed by atoms with van der Waals surface area (Å²) in [5, 5.41) is 5.65. The Labute approximate surface area is 178 Å². The molecule has 0 aliphatic rings. The molecular formula is C23H20ClNO3S. The van der Waals surface area contributed by atoms with Crippen LogP contribution in [0, 0.1) is 6.92 Å². The third-order valence-corrected chi connectivity index (χ3v) is 5.43. The van der Waals surface area contributed by atoms with E-state index in [2.05, 4.69) is 5.32 Å². The van der Waals surface area contributed by atoms with Crippen LogP contribution in [0.15, 0.2) is 60.0 Å². The molecule has 4 nitrogen and oxygen atoms in total. The van der Waals surface area contributed by atoms with E-state index < -0.39 is 5.97 Å². The molecule has 0 saturated heterocycles. The molecule has 148 valence electrons. The highest BCUT2D eigenvalue weighted by molar-refractivity contribution is 7.15. The Balaban J connectivity index is 1.88. The first kappa shape index (κ1) is 20.8. The lowest BCUT2D eigenvalue weighted by Gasteiger charge is -2.08. The zero-order chi connectivity index (χ0) is 20.8. The maximum atomic E-state index is 12.6. The number of ether oxygens (including phenoxy) is 1. The molecule has 0 fully saturated rings. The van der Waals surface area contributed by atoms with Crippen LogP contribution in [0.1, 0.15) is 28.4 Å². The van der Waals surface area contributed by atoms with Gasteiger partial charge in [0.15, 0.2) is 0 Å². The van der Waals surface area contributed by atoms with Crippen molar-refractivity contribution in [2.75, 3.05) is 11.9 Å². The van der Waals surface area contributed by atoms with Crippen LogP contribution in [0.4, 0.5) is 5.00 Å². The minimum atomic E-state index is -0.463. The van der Waals surface area contributed by atoms with Gasteiger partial charge in [-0.3, -0.25) is 4.79 Å². The zero-order valence-corrected chi connectivity index (χ0v) is 17.6. The predicted octanol–water partition coefficient (Wildman–Crippen LogP) is 6.21. The Morgan fingerprint density at radius 1 is 1.14 bits per heavy atom. The summed E-state index contributed by atoms with van der Waals surface area (Å²) in [4.78, 5) is 25.0. The summed E-state index contributed by atoms with van der Waals surface area (Å²) in [6.07, 6.45) is 3.03. The van der Waals surface area contributed by atoms with Gasteiger partial charge >= 0.3 is 5.97 Å². The van der Waals surface area contributed by atoms with Gasteiger partial charge in [0.05, 0.1) is 6.61 Å². The smallest absolute Gasteiger partial charge is 0.341 e. The molecule has 0 bridgehead atoms. The molecule has 1 heterocycles. The highest BCUT2D eigenvalue weighted by Crippen LogP contribution is 2.36. The maximum absolute atomic E-state index is 12.6. The van der Waals surface area contributed by atoms with Gasteiger partial charge in [0.2, 0.25) is 5.91 Å². The van der Waals surface area contributed by atoms with Crippen LogP contribution >= 0.6 is 22.9 Å². The van der Waals surface area contributed by atoms with Gasteiger partial charge in [-0.05, 0) is 37.1 Å². The summed E-state index contributed by atoms with van der Waals surface area (Å²) < 4.78 is 5.22. The Kier molecular flexibility index (Phi) is 6.86. The van der Waals surface area contributed by atoms with E-state index in [1.165, 1.54) is 17.4 Å². The topological polar surface area (TPSA) is 55.4 Å². The third kappa shape index (κ3) is 5.13. The Bertz CT molecular complexity index is 1050. The Morgan fingerprint density at radius 2 is 1.86 bits per heavy atom. The third-order valence-electron chi connectivity index (χ3n) is 4.19. The van der Waals surface area contributed by atoms with Gasteiger partial charge in [-0.2, -0.15) is 0 Å². The van der Waals surface area contributed by atoms with E-state index in [9.17, 15) is 9.59 Å². The first-order valence-corrected chi connectivity index (χ1v) is 10.3. The standard InChI is InChI=1S/C23H20ClNO3S/c1-3-28-23(27)21-18(16-10-8-15(2)9-11-16)14-29-22(21)25-20(26)13-12-17-6-4-5-7-19(17)24/h4-14H,3H2,1-2H3,(H,25,26). The average molecular weight is 426 g/mol. The molecule has 0 aliphatic heterocycles. The number of rotatable bonds is 6. The minimum absolute atomic E-state index is 0.252. The van der Waals surface area contributed by atoms with E-state index in [1.807, 2.05) is 54.8 Å². The first-order valence-electron chi connectivity index (χ1n) is 9.09. The van der Waals surface area contributed by atoms with Crippen LogP contribution in [-0.4, -0.2) is 18.5 Å². The molecular weight excluding hydrogens is 406 g/mol. The molecule has 1 aromatic heterocycles. The normalized spacial score (nSPS) is 10.9. The first-order chi connectivity index (χ1) is 14.0. The van der Waals surface area contributed by atoms with Gasteiger partial charge in [-0.25, -0.2) is 4.79 Å². The fourth-order valence-electron chi connectivity index (χ4n) is 2.73. The summed E-state index contributed by atoms with van der Waals surface area (Å²) in [6.45, 7) is 4.00. The molecule has 6 heteroatoms. The summed E-state index contributed by atoms with van der Waals surface area (Å²) in [7, 11) is 0. The van der Waals surface area contributed by atoms with Gasteiger partial charge in [0, 0.05) is 22.0 Å². The number of hydrogen-bond donors (Lipinski definition) is 1. The summed E-state index contributed by atoms with van der Waals surface area (Å²) in [5.74, 6) is -0.817. The molecule has 1 amide bonds. The van der Waals surface area contributed by atoms with Crippen molar-refractivity contribution in [3.8, 4) is 11.1 Å². The number of amides is 1. The van der Waals surface area contributed by atoms with E-state index in [4.69, 9.17) is 16.3 Å². The fourth-order valence-corrected chi connectivity index (χ4v) is 3.89. The molecule has 0 aliphatic carbocycles. The van der Waals surface area contributed by atoms with Crippen LogP contribution in [0.5, 0.6) is 0 Å². The average Bonchev–Trinajstić information content (AvgIpc) is 3.11. The zero-order valence-electron chi connectivity index (χ0n) is 16.1. The number of halogens is 1. The van der Waals surface area contributed by atoms with Crippen LogP contribution in [0.2, 0.25) is 5.02 Å². The van der Waals surface area contributed by atoms with Crippen LogP contribution in [-0.2, 0) is 9.53 Å². The molecule has 0 atom stereocenters. The molecule has 1 N–H and O–H groups in total. The van der Waals surface area contributed by atoms with Crippen molar-refractivity contribution < 1.29 is 14.3 Å². The molecule has 0 saturated carbocycles. The number of carbonyl (C=O) groups excluding carboxylic acids is 2. The molecule has 0 spiro atoms. The molecule has 29 heavy (non-hydrogen) atoms. The van der Waals surface area contributed by atoms with Gasteiger partial charge < -0.3 is 10.1 Å². The highest BCUT2D eigenvalue weighted by atomic mass is 35.5. The number of aryl methyl sites for hydroxylation is 1. The quantitative estimate of drug-likeness (QED) is 0.377. The van der Waals surface area contributed by atoms with Crippen molar-refractivity contribution in [1.82, 2.24) is 0 Å². The van der Waals surface area contributed by atoms with Crippen molar-refractivity contribution in [3.63, 3.8) is 0 Å². The van der Waals surface area contributed by atoms with E-state index in [1.54, 1.807) is 19.1 Å². The second-order valence-corrected chi connectivity index (χ2v) is 7.57. The minimum Gasteiger partial charge on any atom is -0.462 e. The summed E-state index contributed by atoms with van der Waals surface area (Å²) in [6, 6.07) is 15.1. The van der Waals surface area contributed by atoms with Crippen molar-refractivity contribution in [1.29, 1.82) is 0 Å². The van der Waals surface area contributed by atoms with Crippen molar-refractivity contribution in [3.05, 3.63) is 81.7 Å². The monoisotopic (exact) mass is 425 g/mol. The SMILES string of the molecule is CCOC(=O)c1c(-c2ccc(C)cc2)csc1NC(=O)C=Cc1ccccc1Cl. The Hall–Kier alpha value is -2.89. The highest BCUT2D eigenvalue weighted by Gasteiger charge is 2.22. The molecule has 2 aromatic carbocycles. The molecule has 3 rings (SSSR count). The second-order valence-electron chi connectivity index (χ2n) is 6.28. The van der Waals surface area contributed by atoms with Gasteiger partial charge in [0.1, 0.15) is 10.6 Å². The number of thiophene rings is 1. The van der Waals surface area contributed by atoms with E-state index in [0.29, 0.717) is 15.6 Å². The lowest BCUT2D eigenvalue weighted by Crippen LogP contribution is -2.12. The van der Waals surface area contributed by atoms with Crippen molar-refractivity contribution in [2.45, 2.75) is 13.8 Å². The lowest BCUT2D eigenvalue weighted by molar-refractivity contribution is -0.111. The van der Waals surface area contributed by atoms with Gasteiger partial charge in [-0.1, -0.05) is 59.6 Å². The number of nitrogens with one attached hydrogen (secondary N) is 1. The Morgan fingerprint density at radius 3 is 2.55 bits per heavy atom. The predicted molar refractivity (Wildman–Crippen MR) is 120 cm³/mol. The summed E-state index contributed by atoms with van der Waals surface area (Å²) >= 11 is 7.40. The number of esters is 1. The van der Waals surface area contributed by atoms with E-state index in [-0.39, 0.29) is 12.5 Å². The van der Waals surface area contributed by atoms with E-state index >= 15 is 0 Å². The maximum Gasteiger partial charge on any atom is 0.341 e. The summed E-state index contributed by atoms with van der Waals surface area (Å²) in [5.41, 5.74) is 3.85. The second kappa shape index (κ2) is 9.54. The van der Waals surface area contributed by atoms with Gasteiger partial charge in [-0.15, -0.1) is 11.3 Å². The fraction of sp³-hybridized carbons (Fsp3) is 0.130.